The summed E-state index contributed by atoms with van der Waals surface area (Å²) in [6.45, 7) is 5.17. The fraction of sp³-hybridized carbons (Fsp3) is 0.562. The van der Waals surface area contributed by atoms with Gasteiger partial charge in [0.25, 0.3) is 0 Å². The number of likely N-dealkylation sites (N-methyl/N-ethyl adjacent to an activating group) is 1. The Morgan fingerprint density at radius 2 is 2.32 bits per heavy atom. The van der Waals surface area contributed by atoms with Crippen LogP contribution in [0.1, 0.15) is 26.2 Å². The molecule has 1 unspecified atom stereocenters. The van der Waals surface area contributed by atoms with Crippen molar-refractivity contribution in [3.05, 3.63) is 23.2 Å². The first-order valence-corrected chi connectivity index (χ1v) is 8.16. The van der Waals surface area contributed by atoms with Gasteiger partial charge in [-0.15, -0.1) is 0 Å². The van der Waals surface area contributed by atoms with Gasteiger partial charge in [-0.2, -0.15) is 0 Å². The summed E-state index contributed by atoms with van der Waals surface area (Å²) in [5.74, 6) is 1.06. The van der Waals surface area contributed by atoms with Gasteiger partial charge in [0, 0.05) is 11.7 Å². The number of aliphatic imine (C=N–C) groups is 1. The first-order chi connectivity index (χ1) is 10.6. The average Bonchev–Trinajstić information content (AvgIpc) is 2.53. The number of rotatable bonds is 5. The first-order valence-electron chi connectivity index (χ1n) is 7.78. The molecule has 3 N–H and O–H groups in total. The van der Waals surface area contributed by atoms with Gasteiger partial charge in [0.1, 0.15) is 5.75 Å². The fourth-order valence-electron chi connectivity index (χ4n) is 2.82. The van der Waals surface area contributed by atoms with Gasteiger partial charge in [-0.05, 0) is 44.1 Å². The largest absolute Gasteiger partial charge is 0.495 e. The van der Waals surface area contributed by atoms with E-state index in [2.05, 4.69) is 22.1 Å². The molecule has 1 aromatic carbocycles. The number of nitrogens with two attached hydrogens (primary N) is 1. The lowest BCUT2D eigenvalue weighted by atomic mass is 10.0. The van der Waals surface area contributed by atoms with Crippen LogP contribution in [0.4, 0.5) is 5.69 Å². The summed E-state index contributed by atoms with van der Waals surface area (Å²) < 4.78 is 5.13. The maximum Gasteiger partial charge on any atom is 0.193 e. The molecule has 22 heavy (non-hydrogen) atoms. The maximum atomic E-state index is 6.10. The number of anilines is 1. The highest BCUT2D eigenvalue weighted by atomic mass is 35.5. The number of benzene rings is 1. The summed E-state index contributed by atoms with van der Waals surface area (Å²) in [4.78, 5) is 6.96. The maximum absolute atomic E-state index is 6.10. The Morgan fingerprint density at radius 3 is 3.00 bits per heavy atom. The molecule has 1 aliphatic heterocycles. The number of hydrogen-bond acceptors (Lipinski definition) is 3. The number of hydrogen-bond donors (Lipinski definition) is 2. The summed E-state index contributed by atoms with van der Waals surface area (Å²) in [6, 6.07) is 5.95. The van der Waals surface area contributed by atoms with E-state index in [1.54, 1.807) is 19.2 Å². The molecule has 0 spiro atoms. The fourth-order valence-corrected chi connectivity index (χ4v) is 3.08. The molecule has 2 rings (SSSR count). The standard InChI is InChI=1S/C16H25ClN4O/c1-3-21-9-5-4-6-13(21)11-19-16(18)20-12-7-8-15(22-2)14(17)10-12/h7-8,10,13H,3-6,9,11H2,1-2H3,(H3,18,19,20). The lowest BCUT2D eigenvalue weighted by Crippen LogP contribution is -2.41. The van der Waals surface area contributed by atoms with Crippen molar-refractivity contribution < 1.29 is 4.74 Å². The highest BCUT2D eigenvalue weighted by Gasteiger charge is 2.20. The zero-order valence-corrected chi connectivity index (χ0v) is 14.1. The predicted octanol–water partition coefficient (Wildman–Crippen LogP) is 2.95. The first kappa shape index (κ1) is 16.9. The summed E-state index contributed by atoms with van der Waals surface area (Å²) in [5.41, 5.74) is 6.78. The lowest BCUT2D eigenvalue weighted by molar-refractivity contribution is 0.161. The SMILES string of the molecule is CCN1CCCCC1CN=C(N)Nc1ccc(OC)c(Cl)c1. The Bertz CT molecular complexity index is 521. The molecule has 122 valence electrons. The molecule has 0 bridgehead atoms. The summed E-state index contributed by atoms with van der Waals surface area (Å²) in [7, 11) is 1.59. The molecule has 1 atom stereocenters. The molecule has 1 aromatic rings. The molecular weight excluding hydrogens is 300 g/mol. The number of nitrogens with zero attached hydrogens (tertiary/aromatic N) is 2. The number of piperidine rings is 1. The Labute approximate surface area is 137 Å². The predicted molar refractivity (Wildman–Crippen MR) is 93.0 cm³/mol. The quantitative estimate of drug-likeness (QED) is 0.645. The summed E-state index contributed by atoms with van der Waals surface area (Å²) in [5, 5.41) is 3.62. The average molecular weight is 325 g/mol. The number of nitrogens with one attached hydrogen (secondary N) is 1. The molecule has 1 saturated heterocycles. The van der Waals surface area contributed by atoms with Crippen LogP contribution in [0.5, 0.6) is 5.75 Å². The molecule has 0 radical (unpaired) electrons. The normalized spacial score (nSPS) is 20.0. The third-order valence-electron chi connectivity index (χ3n) is 4.05. The van der Waals surface area contributed by atoms with Crippen LogP contribution in [0, 0.1) is 0 Å². The van der Waals surface area contributed by atoms with Gasteiger partial charge in [0.05, 0.1) is 18.7 Å². The van der Waals surface area contributed by atoms with Crippen molar-refractivity contribution in [1.29, 1.82) is 0 Å². The van der Waals surface area contributed by atoms with Crippen molar-refractivity contribution in [3.63, 3.8) is 0 Å². The number of halogens is 1. The van der Waals surface area contributed by atoms with Crippen molar-refractivity contribution in [2.24, 2.45) is 10.7 Å². The molecule has 1 fully saturated rings. The molecule has 1 heterocycles. The topological polar surface area (TPSA) is 62.9 Å². The zero-order valence-electron chi connectivity index (χ0n) is 13.3. The summed E-state index contributed by atoms with van der Waals surface area (Å²) in [6.07, 6.45) is 3.75. The second-order valence-corrected chi connectivity index (χ2v) is 5.89. The number of guanidine groups is 1. The van der Waals surface area contributed by atoms with Crippen molar-refractivity contribution in [2.75, 3.05) is 32.1 Å². The minimum Gasteiger partial charge on any atom is -0.495 e. The molecule has 6 heteroatoms. The van der Waals surface area contributed by atoms with E-state index in [1.807, 2.05) is 6.07 Å². The molecule has 1 aliphatic rings. The monoisotopic (exact) mass is 324 g/mol. The third-order valence-corrected chi connectivity index (χ3v) is 4.35. The van der Waals surface area contributed by atoms with Crippen LogP contribution in [-0.4, -0.2) is 43.6 Å². The van der Waals surface area contributed by atoms with Gasteiger partial charge in [0.2, 0.25) is 0 Å². The van der Waals surface area contributed by atoms with E-state index < -0.39 is 0 Å². The van der Waals surface area contributed by atoms with Gasteiger partial charge in [0.15, 0.2) is 5.96 Å². The number of likely N-dealkylation sites (tertiary alicyclic amines) is 1. The smallest absolute Gasteiger partial charge is 0.193 e. The van der Waals surface area contributed by atoms with Crippen LogP contribution in [0.25, 0.3) is 0 Å². The molecular formula is C16H25ClN4O. The molecule has 5 nitrogen and oxygen atoms in total. The van der Waals surface area contributed by atoms with Crippen LogP contribution >= 0.6 is 11.6 Å². The number of methoxy groups -OCH3 is 1. The van der Waals surface area contributed by atoms with Crippen molar-refractivity contribution >= 4 is 23.2 Å². The second-order valence-electron chi connectivity index (χ2n) is 5.48. The minimum atomic E-state index is 0.419. The Kier molecular flexibility index (Phi) is 6.34. The third kappa shape index (κ3) is 4.52. The van der Waals surface area contributed by atoms with E-state index in [0.717, 1.165) is 25.3 Å². The van der Waals surface area contributed by atoms with E-state index in [-0.39, 0.29) is 0 Å². The van der Waals surface area contributed by atoms with Crippen LogP contribution in [0.3, 0.4) is 0 Å². The Hall–Kier alpha value is -1.46. The van der Waals surface area contributed by atoms with Crippen LogP contribution in [0.2, 0.25) is 5.02 Å². The molecule has 0 aromatic heterocycles. The van der Waals surface area contributed by atoms with Crippen LogP contribution in [0.15, 0.2) is 23.2 Å². The highest BCUT2D eigenvalue weighted by molar-refractivity contribution is 6.32. The van der Waals surface area contributed by atoms with Gasteiger partial charge in [-0.1, -0.05) is 24.9 Å². The van der Waals surface area contributed by atoms with Crippen molar-refractivity contribution in [1.82, 2.24) is 4.90 Å². The Morgan fingerprint density at radius 1 is 1.50 bits per heavy atom. The number of ether oxygens (including phenoxy) is 1. The summed E-state index contributed by atoms with van der Waals surface area (Å²) >= 11 is 6.10. The lowest BCUT2D eigenvalue weighted by Gasteiger charge is -2.33. The van der Waals surface area contributed by atoms with Gasteiger partial charge >= 0.3 is 0 Å². The van der Waals surface area contributed by atoms with Crippen molar-refractivity contribution in [2.45, 2.75) is 32.2 Å². The van der Waals surface area contributed by atoms with Gasteiger partial charge in [-0.25, -0.2) is 0 Å². The van der Waals surface area contributed by atoms with Crippen LogP contribution < -0.4 is 15.8 Å². The minimum absolute atomic E-state index is 0.419. The second kappa shape index (κ2) is 8.25. The van der Waals surface area contributed by atoms with Gasteiger partial charge in [-0.3, -0.25) is 9.89 Å². The molecule has 0 saturated carbocycles. The Balaban J connectivity index is 1.93. The van der Waals surface area contributed by atoms with E-state index in [1.165, 1.54) is 19.3 Å². The zero-order chi connectivity index (χ0) is 15.9. The van der Waals surface area contributed by atoms with E-state index in [0.29, 0.717) is 22.8 Å². The highest BCUT2D eigenvalue weighted by Crippen LogP contribution is 2.27. The molecule has 0 amide bonds. The van der Waals surface area contributed by atoms with Gasteiger partial charge < -0.3 is 15.8 Å². The van der Waals surface area contributed by atoms with Crippen molar-refractivity contribution in [3.8, 4) is 5.75 Å². The van der Waals surface area contributed by atoms with Crippen LogP contribution in [-0.2, 0) is 0 Å². The van der Waals surface area contributed by atoms with E-state index in [9.17, 15) is 0 Å². The van der Waals surface area contributed by atoms with E-state index in [4.69, 9.17) is 22.1 Å². The van der Waals surface area contributed by atoms with E-state index >= 15 is 0 Å². The molecule has 0 aliphatic carbocycles.